The minimum absolute atomic E-state index is 0.177. The number of imidazole rings is 1. The third-order valence-electron chi connectivity index (χ3n) is 3.77. The molecule has 0 bridgehead atoms. The molecule has 2 aromatic heterocycles. The van der Waals surface area contributed by atoms with Gasteiger partial charge in [0.2, 0.25) is 0 Å². The molecular weight excluding hydrogens is 284 g/mol. The topological polar surface area (TPSA) is 55.1 Å². The second-order valence-electron chi connectivity index (χ2n) is 5.21. The quantitative estimate of drug-likeness (QED) is 0.794. The Morgan fingerprint density at radius 3 is 2.71 bits per heavy atom. The van der Waals surface area contributed by atoms with Gasteiger partial charge in [-0.3, -0.25) is 0 Å². The van der Waals surface area contributed by atoms with Crippen molar-refractivity contribution in [2.75, 3.05) is 0 Å². The summed E-state index contributed by atoms with van der Waals surface area (Å²) in [5.74, 6) is -0.927. The van der Waals surface area contributed by atoms with Gasteiger partial charge in [0.1, 0.15) is 0 Å². The van der Waals surface area contributed by atoms with E-state index in [1.54, 1.807) is 29.8 Å². The lowest BCUT2D eigenvalue weighted by atomic mass is 10.1. The standard InChI is InChI=1S/C16H16N2O2S/c1-9-6-13(11(3)21-9)10(2)18-8-17-14-7-12(16(19)20)4-5-15(14)18/h4-8,10H,1-3H3,(H,19,20). The Hall–Kier alpha value is -2.14. The maximum absolute atomic E-state index is 11.0. The number of hydrogen-bond acceptors (Lipinski definition) is 3. The number of aromatic carboxylic acids is 1. The molecule has 0 aliphatic rings. The molecule has 0 saturated carbocycles. The zero-order valence-electron chi connectivity index (χ0n) is 12.1. The maximum atomic E-state index is 11.0. The van der Waals surface area contributed by atoms with Crippen molar-refractivity contribution in [2.24, 2.45) is 0 Å². The Bertz CT molecular complexity index is 832. The molecule has 0 amide bonds. The Balaban J connectivity index is 2.08. The highest BCUT2D eigenvalue weighted by Crippen LogP contribution is 2.30. The first-order valence-electron chi connectivity index (χ1n) is 6.74. The van der Waals surface area contributed by atoms with Crippen molar-refractivity contribution < 1.29 is 9.90 Å². The van der Waals surface area contributed by atoms with Gasteiger partial charge >= 0.3 is 5.97 Å². The molecular formula is C16H16N2O2S. The number of carboxylic acids is 1. The summed E-state index contributed by atoms with van der Waals surface area (Å²) in [5, 5.41) is 9.04. The van der Waals surface area contributed by atoms with Crippen molar-refractivity contribution in [2.45, 2.75) is 26.8 Å². The number of rotatable bonds is 3. The monoisotopic (exact) mass is 300 g/mol. The van der Waals surface area contributed by atoms with Crippen LogP contribution in [0.4, 0.5) is 0 Å². The highest BCUT2D eigenvalue weighted by molar-refractivity contribution is 7.12. The fraction of sp³-hybridized carbons (Fsp3) is 0.250. The van der Waals surface area contributed by atoms with Crippen LogP contribution in [0, 0.1) is 13.8 Å². The van der Waals surface area contributed by atoms with Crippen LogP contribution in [0.1, 0.15) is 38.6 Å². The number of fused-ring (bicyclic) bond motifs is 1. The van der Waals surface area contributed by atoms with Crippen molar-refractivity contribution in [1.82, 2.24) is 9.55 Å². The molecule has 3 aromatic rings. The second-order valence-corrected chi connectivity index (χ2v) is 6.67. The molecule has 1 unspecified atom stereocenters. The molecule has 4 nitrogen and oxygen atoms in total. The van der Waals surface area contributed by atoms with E-state index in [0.717, 1.165) is 5.52 Å². The largest absolute Gasteiger partial charge is 0.478 e. The van der Waals surface area contributed by atoms with Gasteiger partial charge in [0, 0.05) is 9.75 Å². The number of aromatic nitrogens is 2. The summed E-state index contributed by atoms with van der Waals surface area (Å²) in [6, 6.07) is 7.46. The van der Waals surface area contributed by atoms with Gasteiger partial charge < -0.3 is 9.67 Å². The molecule has 0 fully saturated rings. The van der Waals surface area contributed by atoms with Gasteiger partial charge in [-0.2, -0.15) is 0 Å². The van der Waals surface area contributed by atoms with Crippen LogP contribution in [0.3, 0.4) is 0 Å². The van der Waals surface area contributed by atoms with E-state index in [1.165, 1.54) is 15.3 Å². The summed E-state index contributed by atoms with van der Waals surface area (Å²) in [6.07, 6.45) is 1.79. The molecule has 0 saturated heterocycles. The van der Waals surface area contributed by atoms with E-state index in [9.17, 15) is 4.79 Å². The van der Waals surface area contributed by atoms with Crippen LogP contribution < -0.4 is 0 Å². The zero-order chi connectivity index (χ0) is 15.1. The van der Waals surface area contributed by atoms with E-state index in [-0.39, 0.29) is 11.6 Å². The van der Waals surface area contributed by atoms with Crippen molar-refractivity contribution in [3.8, 4) is 0 Å². The molecule has 21 heavy (non-hydrogen) atoms. The van der Waals surface area contributed by atoms with Gasteiger partial charge in [-0.1, -0.05) is 0 Å². The lowest BCUT2D eigenvalue weighted by Gasteiger charge is -2.14. The van der Waals surface area contributed by atoms with E-state index < -0.39 is 5.97 Å². The molecule has 1 N–H and O–H groups in total. The molecule has 0 aliphatic heterocycles. The lowest BCUT2D eigenvalue weighted by molar-refractivity contribution is 0.0697. The molecule has 0 aliphatic carbocycles. The van der Waals surface area contributed by atoms with Gasteiger partial charge in [-0.15, -0.1) is 11.3 Å². The highest BCUT2D eigenvalue weighted by atomic mass is 32.1. The van der Waals surface area contributed by atoms with E-state index in [1.807, 2.05) is 6.07 Å². The summed E-state index contributed by atoms with van der Waals surface area (Å²) in [7, 11) is 0. The molecule has 5 heteroatoms. The van der Waals surface area contributed by atoms with Gasteiger partial charge in [0.05, 0.1) is 29.0 Å². The molecule has 1 atom stereocenters. The van der Waals surface area contributed by atoms with E-state index in [2.05, 4.69) is 36.4 Å². The Morgan fingerprint density at radius 2 is 2.10 bits per heavy atom. The fourth-order valence-corrected chi connectivity index (χ4v) is 3.70. The first-order valence-corrected chi connectivity index (χ1v) is 7.56. The molecule has 1 aromatic carbocycles. The van der Waals surface area contributed by atoms with E-state index in [0.29, 0.717) is 5.52 Å². The van der Waals surface area contributed by atoms with Crippen molar-refractivity contribution in [1.29, 1.82) is 0 Å². The smallest absolute Gasteiger partial charge is 0.335 e. The predicted octanol–water partition coefficient (Wildman–Crippen LogP) is 4.02. The second kappa shape index (κ2) is 5.00. The Morgan fingerprint density at radius 1 is 1.33 bits per heavy atom. The van der Waals surface area contributed by atoms with Crippen LogP contribution >= 0.6 is 11.3 Å². The van der Waals surface area contributed by atoms with Gasteiger partial charge in [-0.05, 0) is 50.6 Å². The van der Waals surface area contributed by atoms with Crippen LogP contribution in [0.15, 0.2) is 30.6 Å². The molecule has 108 valence electrons. The number of nitrogens with zero attached hydrogens (tertiary/aromatic N) is 2. The van der Waals surface area contributed by atoms with Gasteiger partial charge in [0.25, 0.3) is 0 Å². The summed E-state index contributed by atoms with van der Waals surface area (Å²) in [4.78, 5) is 18.0. The number of hydrogen-bond donors (Lipinski definition) is 1. The summed E-state index contributed by atoms with van der Waals surface area (Å²) >= 11 is 1.80. The van der Waals surface area contributed by atoms with Crippen LogP contribution in [-0.4, -0.2) is 20.6 Å². The molecule has 0 radical (unpaired) electrons. The zero-order valence-corrected chi connectivity index (χ0v) is 12.9. The number of aryl methyl sites for hydroxylation is 2. The average molecular weight is 300 g/mol. The molecule has 3 rings (SSSR count). The highest BCUT2D eigenvalue weighted by Gasteiger charge is 2.16. The van der Waals surface area contributed by atoms with Gasteiger partial charge in [0.15, 0.2) is 0 Å². The van der Waals surface area contributed by atoms with Crippen molar-refractivity contribution in [3.63, 3.8) is 0 Å². The summed E-state index contributed by atoms with van der Waals surface area (Å²) in [6.45, 7) is 6.38. The van der Waals surface area contributed by atoms with E-state index >= 15 is 0 Å². The first kappa shape index (κ1) is 13.8. The number of carboxylic acid groups (broad SMARTS) is 1. The normalized spacial score (nSPS) is 12.7. The summed E-state index contributed by atoms with van der Waals surface area (Å²) in [5.41, 5.74) is 3.23. The minimum Gasteiger partial charge on any atom is -0.478 e. The minimum atomic E-state index is -0.927. The number of thiophene rings is 1. The summed E-state index contributed by atoms with van der Waals surface area (Å²) < 4.78 is 2.09. The van der Waals surface area contributed by atoms with Crippen molar-refractivity contribution >= 4 is 28.3 Å². The van der Waals surface area contributed by atoms with Gasteiger partial charge in [-0.25, -0.2) is 9.78 Å². The Labute approximate surface area is 126 Å². The first-order chi connectivity index (χ1) is 9.97. The maximum Gasteiger partial charge on any atom is 0.335 e. The average Bonchev–Trinajstić information content (AvgIpc) is 3.00. The van der Waals surface area contributed by atoms with E-state index in [4.69, 9.17) is 5.11 Å². The van der Waals surface area contributed by atoms with Crippen LogP contribution in [0.5, 0.6) is 0 Å². The Kier molecular flexibility index (Phi) is 3.29. The third kappa shape index (κ3) is 2.34. The van der Waals surface area contributed by atoms with Crippen LogP contribution in [0.25, 0.3) is 11.0 Å². The van der Waals surface area contributed by atoms with Crippen molar-refractivity contribution in [3.05, 3.63) is 51.5 Å². The molecule has 0 spiro atoms. The third-order valence-corrected chi connectivity index (χ3v) is 4.75. The number of benzene rings is 1. The van der Waals surface area contributed by atoms with Crippen LogP contribution in [-0.2, 0) is 0 Å². The predicted molar refractivity (Wildman–Crippen MR) is 84.3 cm³/mol. The number of carbonyl (C=O) groups is 1. The lowest BCUT2D eigenvalue weighted by Crippen LogP contribution is -2.05. The SMILES string of the molecule is Cc1cc(C(C)n2cnc3cc(C(=O)O)ccc32)c(C)s1. The fourth-order valence-electron chi connectivity index (χ4n) is 2.69. The molecule has 2 heterocycles. The van der Waals surface area contributed by atoms with Crippen LogP contribution in [0.2, 0.25) is 0 Å².